The second kappa shape index (κ2) is 10.3. The van der Waals surface area contributed by atoms with Crippen molar-refractivity contribution in [2.75, 3.05) is 43.6 Å². The van der Waals surface area contributed by atoms with Crippen molar-refractivity contribution >= 4 is 23.1 Å². The Balaban J connectivity index is 1.53. The summed E-state index contributed by atoms with van der Waals surface area (Å²) >= 11 is 0. The van der Waals surface area contributed by atoms with E-state index in [0.29, 0.717) is 49.1 Å². The largest absolute Gasteiger partial charge is 0.417 e. The van der Waals surface area contributed by atoms with Gasteiger partial charge in [0.1, 0.15) is 5.82 Å². The second-order valence-electron chi connectivity index (χ2n) is 8.97. The number of hydrogen-bond donors (Lipinski definition) is 1. The summed E-state index contributed by atoms with van der Waals surface area (Å²) in [5.41, 5.74) is 2.39. The van der Waals surface area contributed by atoms with Gasteiger partial charge in [-0.05, 0) is 19.2 Å². The van der Waals surface area contributed by atoms with Crippen molar-refractivity contribution in [3.05, 3.63) is 89.1 Å². The highest BCUT2D eigenvalue weighted by atomic mass is 19.4. The molecule has 1 aromatic heterocycles. The van der Waals surface area contributed by atoms with Crippen LogP contribution < -0.4 is 10.2 Å². The predicted molar refractivity (Wildman–Crippen MR) is 135 cm³/mol. The zero-order valence-electron chi connectivity index (χ0n) is 20.2. The molecule has 2 aliphatic heterocycles. The molecule has 3 aromatic rings. The second-order valence-corrected chi connectivity index (χ2v) is 8.97. The van der Waals surface area contributed by atoms with E-state index in [4.69, 9.17) is 9.73 Å². The van der Waals surface area contributed by atoms with Gasteiger partial charge in [0, 0.05) is 42.5 Å². The van der Waals surface area contributed by atoms with Gasteiger partial charge in [-0.15, -0.1) is 0 Å². The highest BCUT2D eigenvalue weighted by Gasteiger charge is 2.34. The van der Waals surface area contributed by atoms with Crippen molar-refractivity contribution in [1.29, 1.82) is 0 Å². The summed E-state index contributed by atoms with van der Waals surface area (Å²) in [6, 6.07) is 18.0. The number of likely N-dealkylation sites (N-methyl/N-ethyl adjacent to an activating group) is 1. The molecule has 1 amide bonds. The number of carbonyl (C=O) groups excluding carboxylic acids is 1. The number of fused-ring (bicyclic) bond motifs is 1. The molecule has 1 saturated heterocycles. The molecule has 1 atom stereocenters. The van der Waals surface area contributed by atoms with Crippen molar-refractivity contribution in [3.63, 3.8) is 0 Å². The lowest BCUT2D eigenvalue weighted by atomic mass is 10.0. The lowest BCUT2D eigenvalue weighted by molar-refractivity contribution is -0.138. The van der Waals surface area contributed by atoms with Crippen molar-refractivity contribution in [2.45, 2.75) is 18.9 Å². The number of aliphatic imine (C=N–C) groups is 1. The highest BCUT2D eigenvalue weighted by Crippen LogP contribution is 2.33. The van der Waals surface area contributed by atoms with Crippen molar-refractivity contribution in [3.8, 4) is 0 Å². The summed E-state index contributed by atoms with van der Waals surface area (Å²) in [7, 11) is 1.68. The summed E-state index contributed by atoms with van der Waals surface area (Å²) in [6.07, 6.45) is -4.66. The number of hydrogen-bond acceptors (Lipinski definition) is 6. The lowest BCUT2D eigenvalue weighted by Gasteiger charge is -2.31. The fraction of sp³-hybridized carbons (Fsp3) is 0.296. The number of benzene rings is 2. The van der Waals surface area contributed by atoms with Gasteiger partial charge in [0.05, 0.1) is 30.2 Å². The average molecular weight is 510 g/mol. The number of morpholine rings is 1. The van der Waals surface area contributed by atoms with E-state index in [9.17, 15) is 18.0 Å². The zero-order chi connectivity index (χ0) is 26.0. The van der Waals surface area contributed by atoms with Crippen LogP contribution in [0.5, 0.6) is 0 Å². The molecule has 7 nitrogen and oxygen atoms in total. The number of alkyl halides is 3. The van der Waals surface area contributed by atoms with Crippen LogP contribution in [0.4, 0.5) is 24.7 Å². The van der Waals surface area contributed by atoms with Crippen LogP contribution in [-0.4, -0.2) is 61.0 Å². The first-order valence-corrected chi connectivity index (χ1v) is 11.9. The number of ether oxygens (including phenoxy) is 1. The maximum absolute atomic E-state index is 13.6. The molecule has 5 rings (SSSR count). The molecule has 37 heavy (non-hydrogen) atoms. The summed E-state index contributed by atoms with van der Waals surface area (Å²) in [5, 5.41) is 2.93. The van der Waals surface area contributed by atoms with Gasteiger partial charge in [0.2, 0.25) is 0 Å². The van der Waals surface area contributed by atoms with Gasteiger partial charge in [-0.1, -0.05) is 48.5 Å². The van der Waals surface area contributed by atoms with Gasteiger partial charge in [0.25, 0.3) is 5.91 Å². The number of nitrogens with one attached hydrogen (secondary N) is 1. The van der Waals surface area contributed by atoms with Crippen LogP contribution in [0.15, 0.2) is 71.9 Å². The molecule has 3 heterocycles. The Kier molecular flexibility index (Phi) is 6.94. The van der Waals surface area contributed by atoms with Crippen LogP contribution in [0.3, 0.4) is 0 Å². The Morgan fingerprint density at radius 3 is 2.51 bits per heavy atom. The molecular weight excluding hydrogens is 483 g/mol. The number of nitrogens with zero attached hydrogens (tertiary/aromatic N) is 4. The van der Waals surface area contributed by atoms with E-state index in [-0.39, 0.29) is 12.5 Å². The number of carbonyl (C=O) groups is 1. The quantitative estimate of drug-likeness (QED) is 0.559. The number of benzodiazepines with no additional fused rings is 1. The molecule has 2 aliphatic rings. The standard InChI is InChI=1S/C27H26F3N5O2/c1-34(17-19-15-20(27(28,29)30)16-31-24(19)35-11-13-37-14-12-35)25-26(36)32-22-10-6-5-9-21(22)23(33-25)18-7-3-2-4-8-18/h2-10,15-16,25H,11-14,17H2,1H3,(H,32,36). The molecule has 0 bridgehead atoms. The number of halogens is 3. The Bertz CT molecular complexity index is 1310. The SMILES string of the molecule is CN(Cc1cc(C(F)(F)F)cnc1N1CCOCC1)C1N=C(c2ccccc2)c2ccccc2NC1=O. The first-order valence-electron chi connectivity index (χ1n) is 11.9. The topological polar surface area (TPSA) is 70.1 Å². The van der Waals surface area contributed by atoms with Crippen molar-refractivity contribution < 1.29 is 22.7 Å². The molecule has 192 valence electrons. The number of aromatic nitrogens is 1. The van der Waals surface area contributed by atoms with Crippen molar-refractivity contribution in [1.82, 2.24) is 9.88 Å². The molecule has 2 aromatic carbocycles. The van der Waals surface area contributed by atoms with E-state index in [1.807, 2.05) is 53.4 Å². The maximum Gasteiger partial charge on any atom is 0.417 e. The molecule has 1 N–H and O–H groups in total. The molecule has 0 spiro atoms. The van der Waals surface area contributed by atoms with E-state index < -0.39 is 17.9 Å². The van der Waals surface area contributed by atoms with E-state index in [2.05, 4.69) is 10.3 Å². The third kappa shape index (κ3) is 5.35. The molecule has 1 fully saturated rings. The van der Waals surface area contributed by atoms with Gasteiger partial charge in [-0.3, -0.25) is 14.7 Å². The van der Waals surface area contributed by atoms with Crippen LogP contribution in [0.2, 0.25) is 0 Å². The minimum atomic E-state index is -4.54. The number of rotatable bonds is 5. The van der Waals surface area contributed by atoms with E-state index in [1.165, 1.54) is 0 Å². The summed E-state index contributed by atoms with van der Waals surface area (Å²) in [4.78, 5) is 25.9. The highest BCUT2D eigenvalue weighted by molar-refractivity contribution is 6.19. The van der Waals surface area contributed by atoms with Crippen LogP contribution in [0, 0.1) is 0 Å². The van der Waals surface area contributed by atoms with Gasteiger partial charge < -0.3 is 15.0 Å². The fourth-order valence-corrected chi connectivity index (χ4v) is 4.56. The third-order valence-electron chi connectivity index (χ3n) is 6.39. The maximum atomic E-state index is 13.6. The van der Waals surface area contributed by atoms with Gasteiger partial charge >= 0.3 is 6.18 Å². The third-order valence-corrected chi connectivity index (χ3v) is 6.39. The van der Waals surface area contributed by atoms with E-state index in [1.54, 1.807) is 18.0 Å². The van der Waals surface area contributed by atoms with Gasteiger partial charge in [0.15, 0.2) is 6.17 Å². The van der Waals surface area contributed by atoms with Crippen LogP contribution in [0.25, 0.3) is 0 Å². The Morgan fingerprint density at radius 2 is 1.78 bits per heavy atom. The normalized spacial score (nSPS) is 18.2. The number of anilines is 2. The molecular formula is C27H26F3N5O2. The molecule has 10 heteroatoms. The van der Waals surface area contributed by atoms with Crippen molar-refractivity contribution in [2.24, 2.45) is 4.99 Å². The zero-order valence-corrected chi connectivity index (χ0v) is 20.2. The minimum Gasteiger partial charge on any atom is -0.378 e. The van der Waals surface area contributed by atoms with Crippen LogP contribution in [-0.2, 0) is 22.3 Å². The molecule has 0 saturated carbocycles. The summed E-state index contributed by atoms with van der Waals surface area (Å²) in [6.45, 7) is 2.00. The Hall–Kier alpha value is -3.76. The average Bonchev–Trinajstić information content (AvgIpc) is 3.05. The van der Waals surface area contributed by atoms with E-state index >= 15 is 0 Å². The predicted octanol–water partition coefficient (Wildman–Crippen LogP) is 4.18. The smallest absolute Gasteiger partial charge is 0.378 e. The number of amides is 1. The Morgan fingerprint density at radius 1 is 1.08 bits per heavy atom. The first kappa shape index (κ1) is 24.9. The fourth-order valence-electron chi connectivity index (χ4n) is 4.56. The monoisotopic (exact) mass is 509 g/mol. The molecule has 0 radical (unpaired) electrons. The lowest BCUT2D eigenvalue weighted by Crippen LogP contribution is -2.41. The van der Waals surface area contributed by atoms with Crippen LogP contribution in [0.1, 0.15) is 22.3 Å². The van der Waals surface area contributed by atoms with Gasteiger partial charge in [-0.25, -0.2) is 4.98 Å². The van der Waals surface area contributed by atoms with Gasteiger partial charge in [-0.2, -0.15) is 13.2 Å². The van der Waals surface area contributed by atoms with Crippen LogP contribution >= 0.6 is 0 Å². The summed E-state index contributed by atoms with van der Waals surface area (Å²) in [5.74, 6) is 0.0847. The number of para-hydroxylation sites is 1. The summed E-state index contributed by atoms with van der Waals surface area (Å²) < 4.78 is 46.1. The Labute approximate surface area is 212 Å². The molecule has 1 unspecified atom stereocenters. The minimum absolute atomic E-state index is 0.0314. The number of pyridine rings is 1. The first-order chi connectivity index (χ1) is 17.8. The molecule has 0 aliphatic carbocycles. The van der Waals surface area contributed by atoms with E-state index in [0.717, 1.165) is 23.4 Å².